The molecular weight excluding hydrogens is 451 g/mol. The number of nitriles is 1. The SMILES string of the molecule is CCOP(=O)(OCC)C1C(C#N)=C(N)Oc2c(Br)cc(Br)cc21. The molecule has 1 heterocycles. The minimum atomic E-state index is -3.66. The van der Waals surface area contributed by atoms with Crippen molar-refractivity contribution < 1.29 is 18.3 Å². The van der Waals surface area contributed by atoms with Gasteiger partial charge in [0, 0.05) is 10.0 Å². The van der Waals surface area contributed by atoms with Crippen molar-refractivity contribution in [2.24, 2.45) is 5.73 Å². The van der Waals surface area contributed by atoms with E-state index in [1.165, 1.54) is 0 Å². The van der Waals surface area contributed by atoms with Gasteiger partial charge in [-0.05, 0) is 41.9 Å². The molecule has 0 radical (unpaired) electrons. The molecule has 0 fully saturated rings. The number of hydrogen-bond acceptors (Lipinski definition) is 6. The van der Waals surface area contributed by atoms with E-state index in [0.717, 1.165) is 4.47 Å². The molecule has 1 aliphatic heterocycles. The number of rotatable bonds is 5. The molecule has 2 N–H and O–H groups in total. The summed E-state index contributed by atoms with van der Waals surface area (Å²) in [5, 5.41) is 9.47. The maximum absolute atomic E-state index is 13.3. The van der Waals surface area contributed by atoms with Gasteiger partial charge in [0.2, 0.25) is 5.88 Å². The van der Waals surface area contributed by atoms with Crippen molar-refractivity contribution in [2.45, 2.75) is 19.5 Å². The van der Waals surface area contributed by atoms with E-state index in [0.29, 0.717) is 15.8 Å². The summed E-state index contributed by atoms with van der Waals surface area (Å²) < 4.78 is 31.0. The Morgan fingerprint density at radius 2 is 1.96 bits per heavy atom. The van der Waals surface area contributed by atoms with Crippen molar-refractivity contribution in [3.63, 3.8) is 0 Å². The van der Waals surface area contributed by atoms with Crippen LogP contribution >= 0.6 is 39.5 Å². The van der Waals surface area contributed by atoms with E-state index in [-0.39, 0.29) is 24.7 Å². The first-order chi connectivity index (χ1) is 10.9. The molecule has 0 aliphatic carbocycles. The number of nitrogens with two attached hydrogens (primary N) is 1. The zero-order valence-electron chi connectivity index (χ0n) is 12.5. The first-order valence-electron chi connectivity index (χ1n) is 6.83. The molecule has 1 atom stereocenters. The summed E-state index contributed by atoms with van der Waals surface area (Å²) in [5.74, 6) is 0.294. The number of ether oxygens (including phenoxy) is 1. The standard InChI is InChI=1S/C14H15Br2N2O4P/c1-3-20-23(19,21-4-2)13-9-5-8(15)6-11(16)12(9)22-14(18)10(13)7-17/h5-6,13H,3-4,18H2,1-2H3. The maximum atomic E-state index is 13.3. The lowest BCUT2D eigenvalue weighted by Gasteiger charge is -2.31. The van der Waals surface area contributed by atoms with Crippen molar-refractivity contribution in [3.05, 3.63) is 38.1 Å². The number of benzene rings is 1. The Kier molecular flexibility index (Phi) is 5.93. The quantitative estimate of drug-likeness (QED) is 0.638. The molecule has 6 nitrogen and oxygen atoms in total. The summed E-state index contributed by atoms with van der Waals surface area (Å²) in [6.45, 7) is 3.78. The number of halogens is 2. The molecule has 0 bridgehead atoms. The monoisotopic (exact) mass is 464 g/mol. The molecule has 0 spiro atoms. The minimum absolute atomic E-state index is 0.0349. The molecule has 1 unspecified atom stereocenters. The summed E-state index contributed by atoms with van der Waals surface area (Å²) in [7, 11) is -3.66. The van der Waals surface area contributed by atoms with Gasteiger partial charge in [0.1, 0.15) is 23.1 Å². The van der Waals surface area contributed by atoms with Crippen molar-refractivity contribution in [2.75, 3.05) is 13.2 Å². The van der Waals surface area contributed by atoms with Crippen LogP contribution in [0.4, 0.5) is 0 Å². The summed E-state index contributed by atoms with van der Waals surface area (Å²) in [5.41, 5.74) is 5.47. The molecule has 0 saturated carbocycles. The van der Waals surface area contributed by atoms with Gasteiger partial charge in [-0.1, -0.05) is 15.9 Å². The molecule has 1 aliphatic rings. The van der Waals surface area contributed by atoms with Crippen LogP contribution in [0.5, 0.6) is 5.75 Å². The number of nitrogens with zero attached hydrogens (tertiary/aromatic N) is 1. The molecule has 1 aromatic rings. The van der Waals surface area contributed by atoms with Crippen molar-refractivity contribution in [3.8, 4) is 11.8 Å². The fourth-order valence-electron chi connectivity index (χ4n) is 2.34. The van der Waals surface area contributed by atoms with Crippen LogP contribution in [-0.4, -0.2) is 13.2 Å². The van der Waals surface area contributed by atoms with Gasteiger partial charge in [-0.2, -0.15) is 5.26 Å². The molecule has 0 saturated heterocycles. The highest BCUT2D eigenvalue weighted by molar-refractivity contribution is 9.11. The Morgan fingerprint density at radius 3 is 2.48 bits per heavy atom. The lowest BCUT2D eigenvalue weighted by molar-refractivity contribution is 0.213. The number of fused-ring (bicyclic) bond motifs is 1. The maximum Gasteiger partial charge on any atom is 0.343 e. The smallest absolute Gasteiger partial charge is 0.343 e. The average molecular weight is 466 g/mol. The van der Waals surface area contributed by atoms with E-state index in [4.69, 9.17) is 19.5 Å². The minimum Gasteiger partial charge on any atom is -0.439 e. The normalized spacial score (nSPS) is 17.4. The van der Waals surface area contributed by atoms with Crippen molar-refractivity contribution >= 4 is 39.5 Å². The highest BCUT2D eigenvalue weighted by Crippen LogP contribution is 2.67. The van der Waals surface area contributed by atoms with Crippen LogP contribution in [0.25, 0.3) is 0 Å². The largest absolute Gasteiger partial charge is 0.439 e. The average Bonchev–Trinajstić information content (AvgIpc) is 2.47. The van der Waals surface area contributed by atoms with Gasteiger partial charge < -0.3 is 19.5 Å². The van der Waals surface area contributed by atoms with Crippen LogP contribution < -0.4 is 10.5 Å². The zero-order valence-corrected chi connectivity index (χ0v) is 16.6. The Bertz CT molecular complexity index is 735. The van der Waals surface area contributed by atoms with Gasteiger partial charge in [0.25, 0.3) is 0 Å². The predicted molar refractivity (Wildman–Crippen MR) is 92.9 cm³/mol. The zero-order chi connectivity index (χ0) is 17.2. The Labute approximate surface area is 151 Å². The first kappa shape index (κ1) is 18.5. The van der Waals surface area contributed by atoms with Crippen LogP contribution in [0.3, 0.4) is 0 Å². The van der Waals surface area contributed by atoms with E-state index >= 15 is 0 Å². The van der Waals surface area contributed by atoms with E-state index < -0.39 is 13.3 Å². The fourth-order valence-corrected chi connectivity index (χ4v) is 5.80. The number of allylic oxidation sites excluding steroid dienone is 1. The van der Waals surface area contributed by atoms with Crippen LogP contribution in [0.15, 0.2) is 32.5 Å². The summed E-state index contributed by atoms with van der Waals surface area (Å²) in [6.07, 6.45) is 0. The summed E-state index contributed by atoms with van der Waals surface area (Å²) in [6, 6.07) is 5.47. The first-order valence-corrected chi connectivity index (χ1v) is 10.0. The topological polar surface area (TPSA) is 94.6 Å². The molecular formula is C14H15Br2N2O4P. The molecule has 23 heavy (non-hydrogen) atoms. The highest BCUT2D eigenvalue weighted by atomic mass is 79.9. The van der Waals surface area contributed by atoms with Gasteiger partial charge in [-0.3, -0.25) is 4.57 Å². The van der Waals surface area contributed by atoms with E-state index in [9.17, 15) is 9.83 Å². The van der Waals surface area contributed by atoms with Gasteiger partial charge >= 0.3 is 7.60 Å². The van der Waals surface area contributed by atoms with Gasteiger partial charge in [0.15, 0.2) is 0 Å². The van der Waals surface area contributed by atoms with Gasteiger partial charge in [-0.25, -0.2) is 0 Å². The van der Waals surface area contributed by atoms with E-state index in [2.05, 4.69) is 31.9 Å². The molecule has 2 rings (SSSR count). The Morgan fingerprint density at radius 1 is 1.35 bits per heavy atom. The van der Waals surface area contributed by atoms with E-state index in [1.54, 1.807) is 26.0 Å². The third-order valence-corrected chi connectivity index (χ3v) is 6.59. The lowest BCUT2D eigenvalue weighted by atomic mass is 10.0. The molecule has 9 heteroatoms. The molecule has 1 aromatic carbocycles. The van der Waals surface area contributed by atoms with Gasteiger partial charge in [0.05, 0.1) is 17.7 Å². The molecule has 0 amide bonds. The number of hydrogen-bond donors (Lipinski definition) is 1. The third kappa shape index (κ3) is 3.49. The summed E-state index contributed by atoms with van der Waals surface area (Å²) >= 11 is 6.77. The third-order valence-electron chi connectivity index (χ3n) is 3.14. The molecule has 0 aromatic heterocycles. The van der Waals surface area contributed by atoms with Crippen LogP contribution in [0.1, 0.15) is 25.1 Å². The lowest BCUT2D eigenvalue weighted by Crippen LogP contribution is -2.22. The predicted octanol–water partition coefficient (Wildman–Crippen LogP) is 4.61. The van der Waals surface area contributed by atoms with Gasteiger partial charge in [-0.15, -0.1) is 0 Å². The van der Waals surface area contributed by atoms with Crippen molar-refractivity contribution in [1.82, 2.24) is 0 Å². The second kappa shape index (κ2) is 7.37. The fraction of sp³-hybridized carbons (Fsp3) is 0.357. The van der Waals surface area contributed by atoms with Crippen LogP contribution in [-0.2, 0) is 13.6 Å². The van der Waals surface area contributed by atoms with Crippen molar-refractivity contribution in [1.29, 1.82) is 5.26 Å². The highest BCUT2D eigenvalue weighted by Gasteiger charge is 2.46. The Balaban J connectivity index is 2.74. The molecule has 124 valence electrons. The Hall–Kier alpha value is -0.840. The second-order valence-corrected chi connectivity index (χ2v) is 8.46. The second-order valence-electron chi connectivity index (χ2n) is 4.58. The van der Waals surface area contributed by atoms with Crippen LogP contribution in [0.2, 0.25) is 0 Å². The van der Waals surface area contributed by atoms with Crippen LogP contribution in [0, 0.1) is 11.3 Å². The van der Waals surface area contributed by atoms with E-state index in [1.807, 2.05) is 6.07 Å². The summed E-state index contributed by atoms with van der Waals surface area (Å²) in [4.78, 5) is 0.